The van der Waals surface area contributed by atoms with Gasteiger partial charge in [-0.3, -0.25) is 4.79 Å². The lowest BCUT2D eigenvalue weighted by molar-refractivity contribution is 0.0696. The van der Waals surface area contributed by atoms with Gasteiger partial charge in [0, 0.05) is 12.5 Å². The van der Waals surface area contributed by atoms with E-state index < -0.39 is 21.9 Å². The van der Waals surface area contributed by atoms with E-state index in [-0.39, 0.29) is 28.7 Å². The average Bonchev–Trinajstić information content (AvgIpc) is 2.75. The van der Waals surface area contributed by atoms with Crippen LogP contribution in [0.3, 0.4) is 0 Å². The van der Waals surface area contributed by atoms with Crippen LogP contribution in [-0.2, 0) is 15.4 Å². The molecule has 1 heterocycles. The third-order valence-electron chi connectivity index (χ3n) is 5.30. The zero-order valence-electron chi connectivity index (χ0n) is 20.5. The monoisotopic (exact) mass is 498 g/mol. The number of hydrogen-bond donors (Lipinski definition) is 2. The molecule has 35 heavy (non-hydrogen) atoms. The number of carboxylic acid groups (broad SMARTS) is 1. The number of aromatic carboxylic acids is 1. The number of aryl methyl sites for hydroxylation is 3. The van der Waals surface area contributed by atoms with E-state index in [0.717, 1.165) is 22.8 Å². The number of carbonyl (C=O) groups excluding carboxylic acids is 1. The van der Waals surface area contributed by atoms with Crippen molar-refractivity contribution < 1.29 is 29.3 Å². The van der Waals surface area contributed by atoms with Crippen LogP contribution in [0.4, 0.5) is 0 Å². The number of hydrogen-bond acceptors (Lipinski definition) is 6. The highest BCUT2D eigenvalue weighted by molar-refractivity contribution is 7.90. The first kappa shape index (κ1) is 25.9. The Kier molecular flexibility index (Phi) is 7.03. The highest BCUT2D eigenvalue weighted by Gasteiger charge is 2.26. The molecule has 0 saturated carbocycles. The standard InChI is InChI=1S/C26H28N2O6S.H2/c1-15-12-16(2)22(17(3)13-15)34-24-20(10-11-21(27-24)26(4,5)6)23(29)28-35(32,33)19-9-7-8-18(14-19)25(30)31;/h7-14H,1-6H3,(H,28,29)(H,30,31);1H. The predicted molar refractivity (Wildman–Crippen MR) is 134 cm³/mol. The molecule has 0 fully saturated rings. The van der Waals surface area contributed by atoms with E-state index in [9.17, 15) is 18.0 Å². The van der Waals surface area contributed by atoms with E-state index in [2.05, 4.69) is 4.98 Å². The molecule has 0 bridgehead atoms. The predicted octanol–water partition coefficient (Wildman–Crippen LogP) is 5.16. The molecule has 2 aromatic carbocycles. The molecule has 0 spiro atoms. The summed E-state index contributed by atoms with van der Waals surface area (Å²) in [7, 11) is -4.36. The van der Waals surface area contributed by atoms with E-state index in [0.29, 0.717) is 11.4 Å². The Labute approximate surface area is 206 Å². The van der Waals surface area contributed by atoms with Gasteiger partial charge in [-0.1, -0.05) is 44.5 Å². The van der Waals surface area contributed by atoms with Crippen molar-refractivity contribution in [1.82, 2.24) is 9.71 Å². The second kappa shape index (κ2) is 9.50. The van der Waals surface area contributed by atoms with Gasteiger partial charge in [0.05, 0.1) is 10.5 Å². The summed E-state index contributed by atoms with van der Waals surface area (Å²) in [6, 6.07) is 11.7. The zero-order chi connectivity index (χ0) is 26.1. The summed E-state index contributed by atoms with van der Waals surface area (Å²) in [5, 5.41) is 9.16. The molecule has 0 aliphatic heterocycles. The Bertz CT molecular complexity index is 1410. The second-order valence-electron chi connectivity index (χ2n) is 9.40. The number of pyridine rings is 1. The number of sulfonamides is 1. The van der Waals surface area contributed by atoms with Crippen LogP contribution in [-0.4, -0.2) is 30.4 Å². The molecule has 9 heteroatoms. The van der Waals surface area contributed by atoms with Gasteiger partial charge in [-0.25, -0.2) is 22.9 Å². The normalized spacial score (nSPS) is 11.7. The van der Waals surface area contributed by atoms with E-state index >= 15 is 0 Å². The number of amides is 1. The lowest BCUT2D eigenvalue weighted by atomic mass is 9.91. The van der Waals surface area contributed by atoms with Crippen molar-refractivity contribution in [3.05, 3.63) is 82.0 Å². The fourth-order valence-electron chi connectivity index (χ4n) is 3.57. The van der Waals surface area contributed by atoms with Crippen LogP contribution in [0.15, 0.2) is 53.4 Å². The Morgan fingerprint density at radius 2 is 1.63 bits per heavy atom. The van der Waals surface area contributed by atoms with Crippen molar-refractivity contribution in [2.24, 2.45) is 0 Å². The highest BCUT2D eigenvalue weighted by Crippen LogP contribution is 2.33. The average molecular weight is 499 g/mol. The van der Waals surface area contributed by atoms with Crippen molar-refractivity contribution in [3.63, 3.8) is 0 Å². The molecule has 3 rings (SSSR count). The van der Waals surface area contributed by atoms with Crippen molar-refractivity contribution in [1.29, 1.82) is 0 Å². The summed E-state index contributed by atoms with van der Waals surface area (Å²) >= 11 is 0. The van der Waals surface area contributed by atoms with Crippen LogP contribution in [0, 0.1) is 20.8 Å². The Balaban J connectivity index is 0.00000456. The highest BCUT2D eigenvalue weighted by atomic mass is 32.2. The fourth-order valence-corrected chi connectivity index (χ4v) is 4.58. The Morgan fingerprint density at radius 1 is 1.00 bits per heavy atom. The molecule has 0 radical (unpaired) electrons. The van der Waals surface area contributed by atoms with E-state index in [1.807, 2.05) is 58.4 Å². The van der Waals surface area contributed by atoms with Gasteiger partial charge in [0.15, 0.2) is 0 Å². The van der Waals surface area contributed by atoms with Crippen molar-refractivity contribution in [2.75, 3.05) is 0 Å². The number of carboxylic acids is 1. The SMILES string of the molecule is Cc1cc(C)c(Oc2nc(C(C)(C)C)ccc2C(=O)NS(=O)(=O)c2cccc(C(=O)O)c2)c(C)c1.[HH]. The molecule has 1 amide bonds. The smallest absolute Gasteiger partial charge is 0.335 e. The lowest BCUT2D eigenvalue weighted by Gasteiger charge is -2.21. The van der Waals surface area contributed by atoms with Gasteiger partial charge in [0.2, 0.25) is 5.88 Å². The summed E-state index contributed by atoms with van der Waals surface area (Å²) in [6.45, 7) is 11.6. The first-order valence-electron chi connectivity index (χ1n) is 10.9. The van der Waals surface area contributed by atoms with Crippen LogP contribution in [0.25, 0.3) is 0 Å². The van der Waals surface area contributed by atoms with Gasteiger partial charge in [-0.15, -0.1) is 0 Å². The molecule has 186 valence electrons. The summed E-state index contributed by atoms with van der Waals surface area (Å²) in [4.78, 5) is 28.5. The van der Waals surface area contributed by atoms with Crippen LogP contribution in [0.2, 0.25) is 0 Å². The van der Waals surface area contributed by atoms with Crippen LogP contribution in [0.1, 0.15) is 65.3 Å². The fraction of sp³-hybridized carbons (Fsp3) is 0.269. The third kappa shape index (κ3) is 5.86. The molecule has 0 saturated heterocycles. The topological polar surface area (TPSA) is 123 Å². The minimum Gasteiger partial charge on any atom is -0.478 e. The molecule has 0 atom stereocenters. The number of rotatable bonds is 6. The minimum absolute atomic E-state index is 0. The molecular formula is C26H30N2O6S. The van der Waals surface area contributed by atoms with E-state index in [4.69, 9.17) is 9.84 Å². The maximum atomic E-state index is 13.1. The van der Waals surface area contributed by atoms with Crippen LogP contribution >= 0.6 is 0 Å². The maximum Gasteiger partial charge on any atom is 0.335 e. The van der Waals surface area contributed by atoms with Crippen molar-refractivity contribution >= 4 is 21.9 Å². The second-order valence-corrected chi connectivity index (χ2v) is 11.1. The number of nitrogens with one attached hydrogen (secondary N) is 1. The summed E-state index contributed by atoms with van der Waals surface area (Å²) in [6.07, 6.45) is 0. The molecule has 1 aromatic heterocycles. The van der Waals surface area contributed by atoms with Crippen LogP contribution in [0.5, 0.6) is 11.6 Å². The molecular weight excluding hydrogens is 468 g/mol. The van der Waals surface area contributed by atoms with Crippen molar-refractivity contribution in [2.45, 2.75) is 51.9 Å². The quantitative estimate of drug-likeness (QED) is 0.481. The molecule has 0 unspecified atom stereocenters. The summed E-state index contributed by atoms with van der Waals surface area (Å²) in [5.41, 5.74) is 2.75. The first-order chi connectivity index (χ1) is 16.2. The van der Waals surface area contributed by atoms with Gasteiger partial charge in [-0.2, -0.15) is 0 Å². The minimum atomic E-state index is -4.36. The van der Waals surface area contributed by atoms with Crippen LogP contribution < -0.4 is 9.46 Å². The molecule has 0 aliphatic carbocycles. The molecule has 2 N–H and O–H groups in total. The van der Waals surface area contributed by atoms with Gasteiger partial charge < -0.3 is 9.84 Å². The van der Waals surface area contributed by atoms with Gasteiger partial charge in [0.25, 0.3) is 15.9 Å². The summed E-state index contributed by atoms with van der Waals surface area (Å²) < 4.78 is 33.8. The van der Waals surface area contributed by atoms with E-state index in [1.165, 1.54) is 24.3 Å². The number of nitrogens with zero attached hydrogens (tertiary/aromatic N) is 1. The van der Waals surface area contributed by atoms with Gasteiger partial charge in [0.1, 0.15) is 11.3 Å². The molecule has 8 nitrogen and oxygen atoms in total. The first-order valence-corrected chi connectivity index (χ1v) is 12.3. The largest absolute Gasteiger partial charge is 0.478 e. The van der Waals surface area contributed by atoms with Crippen molar-refractivity contribution in [3.8, 4) is 11.6 Å². The van der Waals surface area contributed by atoms with Gasteiger partial charge in [-0.05, 0) is 62.2 Å². The Morgan fingerprint density at radius 3 is 2.20 bits per heavy atom. The maximum absolute atomic E-state index is 13.1. The van der Waals surface area contributed by atoms with E-state index in [1.54, 1.807) is 6.07 Å². The Hall–Kier alpha value is -3.72. The number of aromatic nitrogens is 1. The lowest BCUT2D eigenvalue weighted by Crippen LogP contribution is -2.31. The third-order valence-corrected chi connectivity index (χ3v) is 6.62. The number of carbonyl (C=O) groups is 2. The number of ether oxygens (including phenoxy) is 1. The molecule has 0 aliphatic rings. The molecule has 3 aromatic rings. The summed E-state index contributed by atoms with van der Waals surface area (Å²) in [5.74, 6) is -1.73. The van der Waals surface area contributed by atoms with Gasteiger partial charge >= 0.3 is 5.97 Å². The zero-order valence-corrected chi connectivity index (χ0v) is 21.3. The number of benzene rings is 2.